The molecular formula is C18H16N4O2S2. The van der Waals surface area contributed by atoms with Crippen LogP contribution in [-0.2, 0) is 4.79 Å². The summed E-state index contributed by atoms with van der Waals surface area (Å²) in [5.74, 6) is -0.109. The summed E-state index contributed by atoms with van der Waals surface area (Å²) < 4.78 is 0. The fourth-order valence-electron chi connectivity index (χ4n) is 2.99. The number of carbonyl (C=O) groups excluding carboxylic acids is 2. The second kappa shape index (κ2) is 6.97. The first-order chi connectivity index (χ1) is 12.6. The highest BCUT2D eigenvalue weighted by molar-refractivity contribution is 7.15. The average Bonchev–Trinajstić information content (AvgIpc) is 3.36. The van der Waals surface area contributed by atoms with Crippen molar-refractivity contribution in [1.29, 1.82) is 0 Å². The first kappa shape index (κ1) is 16.9. The monoisotopic (exact) mass is 384 g/mol. The van der Waals surface area contributed by atoms with Crippen molar-refractivity contribution in [2.24, 2.45) is 0 Å². The molecule has 26 heavy (non-hydrogen) atoms. The molecule has 1 unspecified atom stereocenters. The minimum atomic E-state index is -0.188. The lowest BCUT2D eigenvalue weighted by molar-refractivity contribution is -0.117. The number of nitrogens with one attached hydrogen (secondary N) is 1. The molecule has 8 heteroatoms. The lowest BCUT2D eigenvalue weighted by Crippen LogP contribution is -2.25. The molecule has 132 valence electrons. The number of aromatic nitrogens is 2. The molecule has 1 aromatic carbocycles. The molecule has 6 nitrogen and oxygen atoms in total. The van der Waals surface area contributed by atoms with Crippen LogP contribution in [-0.4, -0.2) is 28.6 Å². The van der Waals surface area contributed by atoms with Crippen molar-refractivity contribution in [2.45, 2.75) is 19.3 Å². The van der Waals surface area contributed by atoms with E-state index in [2.05, 4.69) is 15.5 Å². The van der Waals surface area contributed by atoms with Crippen molar-refractivity contribution >= 4 is 45.3 Å². The molecular weight excluding hydrogens is 368 g/mol. The van der Waals surface area contributed by atoms with Crippen molar-refractivity contribution in [3.63, 3.8) is 0 Å². The summed E-state index contributed by atoms with van der Waals surface area (Å²) >= 11 is 2.71. The Kier molecular flexibility index (Phi) is 4.52. The van der Waals surface area contributed by atoms with E-state index in [1.165, 1.54) is 22.7 Å². The van der Waals surface area contributed by atoms with Gasteiger partial charge in [0.15, 0.2) is 0 Å². The molecule has 1 N–H and O–H groups in total. The first-order valence-electron chi connectivity index (χ1n) is 8.16. The topological polar surface area (TPSA) is 75.2 Å². The first-order valence-corrected chi connectivity index (χ1v) is 9.85. The SMILES string of the molecule is Cc1ccccc1N1CC(c2nnc(NC(=O)c3cccs3)s2)CC1=O. The number of amides is 2. The van der Waals surface area contributed by atoms with Crippen molar-refractivity contribution < 1.29 is 9.59 Å². The van der Waals surface area contributed by atoms with Crippen molar-refractivity contribution in [3.8, 4) is 0 Å². The number of hydrogen-bond acceptors (Lipinski definition) is 6. The predicted octanol–water partition coefficient (Wildman–Crippen LogP) is 3.68. The molecule has 0 bridgehead atoms. The smallest absolute Gasteiger partial charge is 0.267 e. The zero-order chi connectivity index (χ0) is 18.1. The van der Waals surface area contributed by atoms with Gasteiger partial charge in [0.05, 0.1) is 4.88 Å². The summed E-state index contributed by atoms with van der Waals surface area (Å²) in [4.78, 5) is 27.0. The summed E-state index contributed by atoms with van der Waals surface area (Å²) in [7, 11) is 0. The van der Waals surface area contributed by atoms with Crippen LogP contribution in [0.4, 0.5) is 10.8 Å². The van der Waals surface area contributed by atoms with E-state index < -0.39 is 0 Å². The van der Waals surface area contributed by atoms with Gasteiger partial charge in [-0.3, -0.25) is 14.9 Å². The van der Waals surface area contributed by atoms with Gasteiger partial charge in [-0.2, -0.15) is 0 Å². The van der Waals surface area contributed by atoms with Gasteiger partial charge in [-0.25, -0.2) is 0 Å². The number of aryl methyl sites for hydroxylation is 1. The van der Waals surface area contributed by atoms with Gasteiger partial charge >= 0.3 is 0 Å². The third kappa shape index (κ3) is 3.25. The van der Waals surface area contributed by atoms with E-state index in [1.807, 2.05) is 47.5 Å². The van der Waals surface area contributed by atoms with Crippen LogP contribution in [0.25, 0.3) is 0 Å². The molecule has 3 aromatic rings. The molecule has 4 rings (SSSR count). The largest absolute Gasteiger partial charge is 0.311 e. The highest BCUT2D eigenvalue weighted by Crippen LogP contribution is 2.35. The van der Waals surface area contributed by atoms with Crippen LogP contribution in [0.15, 0.2) is 41.8 Å². The van der Waals surface area contributed by atoms with Crippen LogP contribution in [0.3, 0.4) is 0 Å². The van der Waals surface area contributed by atoms with Crippen molar-refractivity contribution in [1.82, 2.24) is 10.2 Å². The van der Waals surface area contributed by atoms with Crippen molar-refractivity contribution in [3.05, 3.63) is 57.2 Å². The van der Waals surface area contributed by atoms with E-state index in [-0.39, 0.29) is 17.7 Å². The van der Waals surface area contributed by atoms with Gasteiger partial charge < -0.3 is 4.90 Å². The van der Waals surface area contributed by atoms with E-state index in [4.69, 9.17) is 0 Å². The Balaban J connectivity index is 1.48. The lowest BCUT2D eigenvalue weighted by atomic mass is 10.1. The van der Waals surface area contributed by atoms with E-state index in [9.17, 15) is 9.59 Å². The minimum absolute atomic E-state index is 0.00741. The Labute approximate surface area is 158 Å². The van der Waals surface area contributed by atoms with Gasteiger partial charge in [-0.05, 0) is 30.0 Å². The molecule has 3 heterocycles. The molecule has 1 atom stereocenters. The highest BCUT2D eigenvalue weighted by atomic mass is 32.1. The number of para-hydroxylation sites is 1. The maximum atomic E-state index is 12.5. The zero-order valence-electron chi connectivity index (χ0n) is 14.0. The van der Waals surface area contributed by atoms with Gasteiger partial charge in [-0.1, -0.05) is 35.6 Å². The van der Waals surface area contributed by atoms with Crippen LogP contribution < -0.4 is 10.2 Å². The molecule has 0 saturated carbocycles. The second-order valence-electron chi connectivity index (χ2n) is 6.07. The van der Waals surface area contributed by atoms with E-state index in [1.54, 1.807) is 6.07 Å². The molecule has 1 saturated heterocycles. The molecule has 1 fully saturated rings. The summed E-state index contributed by atoms with van der Waals surface area (Å²) in [6.45, 7) is 2.58. The molecule has 0 radical (unpaired) electrons. The third-order valence-electron chi connectivity index (χ3n) is 4.29. The van der Waals surface area contributed by atoms with E-state index in [0.717, 1.165) is 16.3 Å². The quantitative estimate of drug-likeness (QED) is 0.744. The van der Waals surface area contributed by atoms with Gasteiger partial charge in [0, 0.05) is 24.6 Å². The number of nitrogens with zero attached hydrogens (tertiary/aromatic N) is 3. The molecule has 2 amide bonds. The van der Waals surface area contributed by atoms with Gasteiger partial charge in [0.25, 0.3) is 5.91 Å². The Morgan fingerprint density at radius 3 is 2.85 bits per heavy atom. The number of hydrogen-bond donors (Lipinski definition) is 1. The van der Waals surface area contributed by atoms with Crippen LogP contribution in [0.2, 0.25) is 0 Å². The summed E-state index contributed by atoms with van der Waals surface area (Å²) in [5.41, 5.74) is 2.01. The summed E-state index contributed by atoms with van der Waals surface area (Å²) in [5, 5.41) is 14.1. The average molecular weight is 384 g/mol. The Morgan fingerprint density at radius 2 is 2.08 bits per heavy atom. The molecule has 0 aliphatic carbocycles. The molecule has 1 aliphatic rings. The fourth-order valence-corrected chi connectivity index (χ4v) is 4.44. The number of anilines is 2. The summed E-state index contributed by atoms with van der Waals surface area (Å²) in [6.07, 6.45) is 0.405. The molecule has 0 spiro atoms. The fraction of sp³-hybridized carbons (Fsp3) is 0.222. The van der Waals surface area contributed by atoms with Crippen molar-refractivity contribution in [2.75, 3.05) is 16.8 Å². The van der Waals surface area contributed by atoms with E-state index >= 15 is 0 Å². The normalized spacial score (nSPS) is 16.9. The van der Waals surface area contributed by atoms with Gasteiger partial charge in [-0.15, -0.1) is 21.5 Å². The Morgan fingerprint density at radius 1 is 1.23 bits per heavy atom. The van der Waals surface area contributed by atoms with Gasteiger partial charge in [0.1, 0.15) is 5.01 Å². The zero-order valence-corrected chi connectivity index (χ0v) is 15.6. The second-order valence-corrected chi connectivity index (χ2v) is 8.03. The minimum Gasteiger partial charge on any atom is -0.311 e. The van der Waals surface area contributed by atoms with Crippen LogP contribution in [0.1, 0.15) is 32.6 Å². The maximum absolute atomic E-state index is 12.5. The lowest BCUT2D eigenvalue weighted by Gasteiger charge is -2.18. The van der Waals surface area contributed by atoms with Crippen LogP contribution >= 0.6 is 22.7 Å². The Bertz CT molecular complexity index is 952. The number of thiophene rings is 1. The van der Waals surface area contributed by atoms with E-state index in [0.29, 0.717) is 23.0 Å². The number of carbonyl (C=O) groups is 2. The molecule has 1 aliphatic heterocycles. The maximum Gasteiger partial charge on any atom is 0.267 e. The molecule has 2 aromatic heterocycles. The summed E-state index contributed by atoms with van der Waals surface area (Å²) in [6, 6.07) is 11.4. The standard InChI is InChI=1S/C18H16N4O2S2/c1-11-5-2-3-6-13(11)22-10-12(9-15(22)23)17-20-21-18(26-17)19-16(24)14-7-4-8-25-14/h2-8,12H,9-10H2,1H3,(H,19,21,24). The third-order valence-corrected chi connectivity index (χ3v) is 6.16. The van der Waals surface area contributed by atoms with Crippen LogP contribution in [0.5, 0.6) is 0 Å². The predicted molar refractivity (Wildman–Crippen MR) is 103 cm³/mol. The highest BCUT2D eigenvalue weighted by Gasteiger charge is 2.34. The van der Waals surface area contributed by atoms with Gasteiger partial charge in [0.2, 0.25) is 11.0 Å². The van der Waals surface area contributed by atoms with Crippen LogP contribution in [0, 0.1) is 6.92 Å². The number of benzene rings is 1. The number of rotatable bonds is 4. The Hall–Kier alpha value is -2.58.